The van der Waals surface area contributed by atoms with Crippen molar-refractivity contribution >= 4 is 0 Å². The van der Waals surface area contributed by atoms with Gasteiger partial charge in [-0.15, -0.1) is 6.42 Å². The van der Waals surface area contributed by atoms with Crippen LogP contribution in [0.25, 0.3) is 0 Å². The molecule has 1 atom stereocenters. The van der Waals surface area contributed by atoms with Crippen molar-refractivity contribution in [1.29, 1.82) is 0 Å². The Bertz CT molecular complexity index is 282. The second-order valence-electron chi connectivity index (χ2n) is 2.26. The summed E-state index contributed by atoms with van der Waals surface area (Å²) in [5, 5.41) is 0. The molecule has 0 aromatic heterocycles. The third kappa shape index (κ3) is 1.90. The molecule has 12 heavy (non-hydrogen) atoms. The van der Waals surface area contributed by atoms with Crippen molar-refractivity contribution in [3.05, 3.63) is 48.7 Å². The number of benzene rings is 1. The van der Waals surface area contributed by atoms with E-state index in [9.17, 15) is 0 Å². The van der Waals surface area contributed by atoms with E-state index < -0.39 is 0 Å². The van der Waals surface area contributed by atoms with Gasteiger partial charge in [0.1, 0.15) is 0 Å². The topological polar surface area (TPSA) is 9.23 Å². The average Bonchev–Trinajstić information content (AvgIpc) is 2.15. The van der Waals surface area contributed by atoms with Crippen LogP contribution in [-0.4, -0.2) is 0 Å². The molecule has 0 heterocycles. The molecule has 60 valence electrons. The van der Waals surface area contributed by atoms with Gasteiger partial charge in [-0.3, -0.25) is 0 Å². The van der Waals surface area contributed by atoms with Gasteiger partial charge < -0.3 is 4.74 Å². The van der Waals surface area contributed by atoms with Crippen molar-refractivity contribution in [1.82, 2.24) is 0 Å². The van der Waals surface area contributed by atoms with Crippen molar-refractivity contribution < 1.29 is 4.74 Å². The van der Waals surface area contributed by atoms with E-state index in [1.165, 1.54) is 6.26 Å². The average molecular weight is 158 g/mol. The van der Waals surface area contributed by atoms with Crippen LogP contribution in [-0.2, 0) is 4.74 Å². The smallest absolute Gasteiger partial charge is 0.183 e. The zero-order chi connectivity index (χ0) is 8.81. The van der Waals surface area contributed by atoms with Gasteiger partial charge in [-0.1, -0.05) is 42.8 Å². The fourth-order valence-electron chi connectivity index (χ4n) is 0.938. The maximum absolute atomic E-state index is 5.27. The minimum absolute atomic E-state index is 0.316. The molecule has 1 nitrogen and oxygen atoms in total. The summed E-state index contributed by atoms with van der Waals surface area (Å²) in [5.74, 6) is 2.53. The van der Waals surface area contributed by atoms with Crippen LogP contribution in [0.2, 0.25) is 0 Å². The summed E-state index contributed by atoms with van der Waals surface area (Å²) in [6.45, 7) is 3.46. The second kappa shape index (κ2) is 4.25. The SMILES string of the molecule is C#CC(OC=C)c1ccccc1. The van der Waals surface area contributed by atoms with E-state index in [2.05, 4.69) is 12.5 Å². The van der Waals surface area contributed by atoms with Crippen LogP contribution in [0.1, 0.15) is 11.7 Å². The summed E-state index contributed by atoms with van der Waals surface area (Å²) in [4.78, 5) is 0. The number of hydrogen-bond donors (Lipinski definition) is 0. The summed E-state index contributed by atoms with van der Waals surface area (Å²) in [6.07, 6.45) is 6.31. The summed E-state index contributed by atoms with van der Waals surface area (Å²) < 4.78 is 5.10. The molecule has 0 amide bonds. The Morgan fingerprint density at radius 3 is 2.58 bits per heavy atom. The largest absolute Gasteiger partial charge is 0.481 e. The van der Waals surface area contributed by atoms with Gasteiger partial charge in [-0.05, 0) is 0 Å². The predicted molar refractivity (Wildman–Crippen MR) is 49.3 cm³/mol. The summed E-state index contributed by atoms with van der Waals surface area (Å²) in [6, 6.07) is 9.63. The number of hydrogen-bond acceptors (Lipinski definition) is 1. The molecule has 0 aliphatic carbocycles. The molecule has 1 unspecified atom stereocenters. The first-order valence-corrected chi connectivity index (χ1v) is 3.66. The lowest BCUT2D eigenvalue weighted by molar-refractivity contribution is 0.200. The van der Waals surface area contributed by atoms with Crippen LogP contribution in [0.4, 0.5) is 0 Å². The molecule has 1 heteroatoms. The molecule has 1 aromatic carbocycles. The van der Waals surface area contributed by atoms with Crippen LogP contribution < -0.4 is 0 Å². The van der Waals surface area contributed by atoms with Crippen molar-refractivity contribution in [3.8, 4) is 12.3 Å². The minimum Gasteiger partial charge on any atom is -0.481 e. The van der Waals surface area contributed by atoms with Gasteiger partial charge in [0.15, 0.2) is 6.10 Å². The van der Waals surface area contributed by atoms with Gasteiger partial charge in [0.25, 0.3) is 0 Å². The normalized spacial score (nSPS) is 11.2. The molecule has 0 fully saturated rings. The Balaban J connectivity index is 2.82. The zero-order valence-electron chi connectivity index (χ0n) is 6.73. The maximum Gasteiger partial charge on any atom is 0.183 e. The molecule has 0 spiro atoms. The maximum atomic E-state index is 5.27. The molecule has 0 aliphatic heterocycles. The van der Waals surface area contributed by atoms with Crippen LogP contribution in [0.5, 0.6) is 0 Å². The molecule has 1 rings (SSSR count). The van der Waals surface area contributed by atoms with Gasteiger partial charge in [0, 0.05) is 5.56 Å². The van der Waals surface area contributed by atoms with Gasteiger partial charge in [0.05, 0.1) is 6.26 Å². The Kier molecular flexibility index (Phi) is 2.98. The lowest BCUT2D eigenvalue weighted by atomic mass is 10.1. The van der Waals surface area contributed by atoms with Gasteiger partial charge in [0.2, 0.25) is 0 Å². The second-order valence-corrected chi connectivity index (χ2v) is 2.26. The molecule has 0 aliphatic rings. The molecule has 0 N–H and O–H groups in total. The summed E-state index contributed by atoms with van der Waals surface area (Å²) >= 11 is 0. The first-order chi connectivity index (χ1) is 5.88. The predicted octanol–water partition coefficient (Wildman–Crippen LogP) is 2.52. The number of rotatable bonds is 3. The van der Waals surface area contributed by atoms with Crippen LogP contribution in [0.15, 0.2) is 43.2 Å². The molecule has 1 aromatic rings. The van der Waals surface area contributed by atoms with Crippen molar-refractivity contribution in [2.45, 2.75) is 6.10 Å². The van der Waals surface area contributed by atoms with E-state index in [1.54, 1.807) is 0 Å². The first kappa shape index (κ1) is 8.42. The summed E-state index contributed by atoms with van der Waals surface area (Å²) in [5.41, 5.74) is 0.972. The highest BCUT2D eigenvalue weighted by Gasteiger charge is 2.04. The lowest BCUT2D eigenvalue weighted by Crippen LogP contribution is -1.95. The van der Waals surface area contributed by atoms with Gasteiger partial charge in [-0.25, -0.2) is 0 Å². The highest BCUT2D eigenvalue weighted by Crippen LogP contribution is 2.15. The third-order valence-electron chi connectivity index (χ3n) is 1.49. The van der Waals surface area contributed by atoms with Gasteiger partial charge in [-0.2, -0.15) is 0 Å². The molecule has 0 saturated heterocycles. The fourth-order valence-corrected chi connectivity index (χ4v) is 0.938. The standard InChI is InChI=1S/C11H10O/c1-3-11(12-4-2)10-8-6-5-7-9-10/h1,4-9,11H,2H2. The number of ether oxygens (including phenoxy) is 1. The van der Waals surface area contributed by atoms with Crippen molar-refractivity contribution in [2.24, 2.45) is 0 Å². The zero-order valence-corrected chi connectivity index (χ0v) is 6.73. The molecule has 0 bridgehead atoms. The fraction of sp³-hybridized carbons (Fsp3) is 0.0909. The van der Waals surface area contributed by atoms with E-state index in [1.807, 2.05) is 30.3 Å². The van der Waals surface area contributed by atoms with Crippen LogP contribution in [0.3, 0.4) is 0 Å². The molecule has 0 saturated carbocycles. The Morgan fingerprint density at radius 2 is 2.08 bits per heavy atom. The Morgan fingerprint density at radius 1 is 1.42 bits per heavy atom. The van der Waals surface area contributed by atoms with Crippen LogP contribution in [0, 0.1) is 12.3 Å². The molecular formula is C11H10O. The molecular weight excluding hydrogens is 148 g/mol. The van der Waals surface area contributed by atoms with E-state index in [0.29, 0.717) is 0 Å². The van der Waals surface area contributed by atoms with Crippen LogP contribution >= 0.6 is 0 Å². The Labute approximate surface area is 72.7 Å². The number of terminal acetylenes is 1. The highest BCUT2D eigenvalue weighted by molar-refractivity contribution is 5.23. The first-order valence-electron chi connectivity index (χ1n) is 3.66. The third-order valence-corrected chi connectivity index (χ3v) is 1.49. The van der Waals surface area contributed by atoms with Gasteiger partial charge >= 0.3 is 0 Å². The molecule has 0 radical (unpaired) electrons. The van der Waals surface area contributed by atoms with E-state index in [4.69, 9.17) is 11.2 Å². The van der Waals surface area contributed by atoms with E-state index >= 15 is 0 Å². The minimum atomic E-state index is -0.316. The Hall–Kier alpha value is -1.68. The lowest BCUT2D eigenvalue weighted by Gasteiger charge is -2.09. The summed E-state index contributed by atoms with van der Waals surface area (Å²) in [7, 11) is 0. The van der Waals surface area contributed by atoms with Crippen molar-refractivity contribution in [3.63, 3.8) is 0 Å². The highest BCUT2D eigenvalue weighted by atomic mass is 16.5. The monoisotopic (exact) mass is 158 g/mol. The van der Waals surface area contributed by atoms with Crippen molar-refractivity contribution in [2.75, 3.05) is 0 Å². The quantitative estimate of drug-likeness (QED) is 0.485. The van der Waals surface area contributed by atoms with E-state index in [0.717, 1.165) is 5.56 Å². The van der Waals surface area contributed by atoms with E-state index in [-0.39, 0.29) is 6.10 Å².